The molecule has 0 heterocycles. The van der Waals surface area contributed by atoms with Gasteiger partial charge in [-0.25, -0.2) is 0 Å². The minimum absolute atomic E-state index is 0.0136. The fraction of sp³-hybridized carbons (Fsp3) is 0.953. The first-order chi connectivity index (χ1) is 24.0. The van der Waals surface area contributed by atoms with Gasteiger partial charge in [0.25, 0.3) is 0 Å². The molecule has 0 unspecified atom stereocenters. The van der Waals surface area contributed by atoms with Crippen LogP contribution in [0.25, 0.3) is 0 Å². The molecular weight excluding hydrogens is 608 g/mol. The number of ether oxygens (including phenoxy) is 2. The van der Waals surface area contributed by atoms with Crippen LogP contribution in [0.4, 0.5) is 0 Å². The normalized spacial score (nSPS) is 11.7. The van der Waals surface area contributed by atoms with Gasteiger partial charge in [0.1, 0.15) is 6.10 Å². The standard InChI is InChI=1S/C43H86N2O4/c1-5-9-11-15-21-30-41(31-22-16-12-10-6-2)49-43(47)33-24-18-14-20-26-37-45(38-27-35-44)36-25-19-13-17-23-32-42(46)48-39-34-40(28-7-3)29-8-4/h40-41H,5-39,44H2,1-4H3. The first kappa shape index (κ1) is 47.9. The first-order valence-corrected chi connectivity index (χ1v) is 21.8. The van der Waals surface area contributed by atoms with Gasteiger partial charge in [-0.3, -0.25) is 9.59 Å². The molecule has 0 aliphatic carbocycles. The van der Waals surface area contributed by atoms with E-state index in [1.54, 1.807) is 0 Å². The number of nitrogens with two attached hydrogens (primary N) is 1. The molecule has 6 nitrogen and oxygen atoms in total. The van der Waals surface area contributed by atoms with Crippen molar-refractivity contribution in [2.75, 3.05) is 32.8 Å². The van der Waals surface area contributed by atoms with Crippen LogP contribution in [0.1, 0.15) is 220 Å². The Hall–Kier alpha value is -1.14. The number of hydrogen-bond acceptors (Lipinski definition) is 6. The van der Waals surface area contributed by atoms with E-state index in [9.17, 15) is 9.59 Å². The molecule has 0 aromatic carbocycles. The summed E-state index contributed by atoms with van der Waals surface area (Å²) in [6, 6.07) is 0. The number of nitrogens with zero attached hydrogens (tertiary/aromatic N) is 1. The molecule has 0 aromatic heterocycles. The highest BCUT2D eigenvalue weighted by molar-refractivity contribution is 5.69. The Bertz CT molecular complexity index is 683. The van der Waals surface area contributed by atoms with Crippen LogP contribution in [0.2, 0.25) is 0 Å². The molecule has 0 amide bonds. The van der Waals surface area contributed by atoms with Gasteiger partial charge in [-0.1, -0.05) is 143 Å². The maximum absolute atomic E-state index is 12.7. The maximum atomic E-state index is 12.7. The van der Waals surface area contributed by atoms with Gasteiger partial charge in [-0.15, -0.1) is 0 Å². The van der Waals surface area contributed by atoms with Gasteiger partial charge in [0.05, 0.1) is 6.61 Å². The molecule has 49 heavy (non-hydrogen) atoms. The van der Waals surface area contributed by atoms with E-state index in [0.717, 1.165) is 77.5 Å². The lowest BCUT2D eigenvalue weighted by Crippen LogP contribution is -2.28. The van der Waals surface area contributed by atoms with Crippen molar-refractivity contribution < 1.29 is 19.1 Å². The van der Waals surface area contributed by atoms with Gasteiger partial charge in [0.15, 0.2) is 0 Å². The van der Waals surface area contributed by atoms with E-state index in [1.165, 1.54) is 128 Å². The van der Waals surface area contributed by atoms with Gasteiger partial charge in [0, 0.05) is 12.8 Å². The summed E-state index contributed by atoms with van der Waals surface area (Å²) in [5.41, 5.74) is 5.83. The van der Waals surface area contributed by atoms with E-state index in [2.05, 4.69) is 32.6 Å². The van der Waals surface area contributed by atoms with Crippen molar-refractivity contribution in [1.82, 2.24) is 4.90 Å². The smallest absolute Gasteiger partial charge is 0.306 e. The lowest BCUT2D eigenvalue weighted by Gasteiger charge is -2.22. The number of rotatable bonds is 39. The van der Waals surface area contributed by atoms with E-state index in [1.807, 2.05) is 0 Å². The van der Waals surface area contributed by atoms with Crippen LogP contribution < -0.4 is 5.73 Å². The van der Waals surface area contributed by atoms with Crippen molar-refractivity contribution in [2.45, 2.75) is 226 Å². The molecule has 0 aliphatic rings. The quantitative estimate of drug-likeness (QED) is 0.0509. The topological polar surface area (TPSA) is 81.9 Å². The predicted molar refractivity (Wildman–Crippen MR) is 211 cm³/mol. The highest BCUT2D eigenvalue weighted by Crippen LogP contribution is 2.19. The number of unbranched alkanes of at least 4 members (excludes halogenated alkanes) is 16. The highest BCUT2D eigenvalue weighted by atomic mass is 16.5. The van der Waals surface area contributed by atoms with Gasteiger partial charge in [-0.05, 0) is 96.3 Å². The second-order valence-corrected chi connectivity index (χ2v) is 15.0. The second kappa shape index (κ2) is 38.1. The summed E-state index contributed by atoms with van der Waals surface area (Å²) < 4.78 is 11.5. The van der Waals surface area contributed by atoms with Crippen LogP contribution in [0.5, 0.6) is 0 Å². The van der Waals surface area contributed by atoms with Crippen molar-refractivity contribution in [3.8, 4) is 0 Å². The molecule has 6 heteroatoms. The third-order valence-electron chi connectivity index (χ3n) is 10.1. The van der Waals surface area contributed by atoms with Gasteiger partial charge in [0.2, 0.25) is 0 Å². The Morgan fingerprint density at radius 2 is 0.939 bits per heavy atom. The van der Waals surface area contributed by atoms with Crippen LogP contribution in [0, 0.1) is 5.92 Å². The second-order valence-electron chi connectivity index (χ2n) is 15.0. The van der Waals surface area contributed by atoms with Crippen molar-refractivity contribution in [2.24, 2.45) is 11.7 Å². The third-order valence-corrected chi connectivity index (χ3v) is 10.1. The SMILES string of the molecule is CCCCCCCC(CCCCCCC)OC(=O)CCCCCCCN(CCCN)CCCCCCCC(=O)OCCC(CCC)CCC. The minimum Gasteiger partial charge on any atom is -0.466 e. The Morgan fingerprint density at radius 3 is 1.45 bits per heavy atom. The summed E-state index contributed by atoms with van der Waals surface area (Å²) in [5.74, 6) is 0.718. The summed E-state index contributed by atoms with van der Waals surface area (Å²) in [5, 5.41) is 0. The molecule has 2 N–H and O–H groups in total. The molecule has 0 atom stereocenters. The Morgan fingerprint density at radius 1 is 0.490 bits per heavy atom. The number of carbonyl (C=O) groups is 2. The summed E-state index contributed by atoms with van der Waals surface area (Å²) in [6.45, 7) is 13.7. The molecule has 0 aliphatic heterocycles. The molecule has 0 saturated carbocycles. The summed E-state index contributed by atoms with van der Waals surface area (Å²) >= 11 is 0. The molecule has 0 rings (SSSR count). The summed E-state index contributed by atoms with van der Waals surface area (Å²) in [7, 11) is 0. The van der Waals surface area contributed by atoms with Crippen LogP contribution in [0.15, 0.2) is 0 Å². The summed E-state index contributed by atoms with van der Waals surface area (Å²) in [4.78, 5) is 27.4. The predicted octanol–water partition coefficient (Wildman–Crippen LogP) is 12.1. The van der Waals surface area contributed by atoms with Gasteiger partial charge in [-0.2, -0.15) is 0 Å². The minimum atomic E-state index is -0.0136. The molecule has 292 valence electrons. The molecule has 0 fully saturated rings. The lowest BCUT2D eigenvalue weighted by molar-refractivity contribution is -0.150. The maximum Gasteiger partial charge on any atom is 0.306 e. The number of carbonyl (C=O) groups excluding carboxylic acids is 2. The van der Waals surface area contributed by atoms with Crippen LogP contribution in [-0.4, -0.2) is 55.7 Å². The van der Waals surface area contributed by atoms with Crippen LogP contribution in [-0.2, 0) is 19.1 Å². The van der Waals surface area contributed by atoms with E-state index >= 15 is 0 Å². The summed E-state index contributed by atoms with van der Waals surface area (Å²) in [6.07, 6.45) is 34.4. The van der Waals surface area contributed by atoms with Gasteiger partial charge >= 0.3 is 11.9 Å². The van der Waals surface area contributed by atoms with Crippen molar-refractivity contribution >= 4 is 11.9 Å². The average Bonchev–Trinajstić information content (AvgIpc) is 3.09. The Labute approximate surface area is 306 Å². The molecule has 0 bridgehead atoms. The van der Waals surface area contributed by atoms with E-state index in [4.69, 9.17) is 15.2 Å². The molecule has 0 spiro atoms. The fourth-order valence-corrected chi connectivity index (χ4v) is 7.04. The number of esters is 2. The zero-order valence-electron chi connectivity index (χ0n) is 33.6. The fourth-order valence-electron chi connectivity index (χ4n) is 7.04. The highest BCUT2D eigenvalue weighted by Gasteiger charge is 2.14. The van der Waals surface area contributed by atoms with E-state index < -0.39 is 0 Å². The monoisotopic (exact) mass is 695 g/mol. The molecule has 0 aromatic rings. The van der Waals surface area contributed by atoms with E-state index in [0.29, 0.717) is 25.4 Å². The zero-order valence-corrected chi connectivity index (χ0v) is 33.6. The zero-order chi connectivity index (χ0) is 36.0. The Balaban J connectivity index is 4.06. The molecular formula is C43H86N2O4. The van der Waals surface area contributed by atoms with Gasteiger partial charge < -0.3 is 20.1 Å². The van der Waals surface area contributed by atoms with Crippen molar-refractivity contribution in [1.29, 1.82) is 0 Å². The largest absolute Gasteiger partial charge is 0.466 e. The van der Waals surface area contributed by atoms with Crippen LogP contribution in [0.3, 0.4) is 0 Å². The molecule has 0 saturated heterocycles. The van der Waals surface area contributed by atoms with Crippen molar-refractivity contribution in [3.63, 3.8) is 0 Å². The Kier molecular flexibility index (Phi) is 37.2. The average molecular weight is 695 g/mol. The lowest BCUT2D eigenvalue weighted by atomic mass is 9.95. The van der Waals surface area contributed by atoms with E-state index in [-0.39, 0.29) is 18.0 Å². The third kappa shape index (κ3) is 33.7. The van der Waals surface area contributed by atoms with Crippen molar-refractivity contribution in [3.05, 3.63) is 0 Å². The molecule has 0 radical (unpaired) electrons. The van der Waals surface area contributed by atoms with Crippen LogP contribution >= 0.6 is 0 Å². The number of hydrogen-bond donors (Lipinski definition) is 1. The first-order valence-electron chi connectivity index (χ1n) is 21.8.